The van der Waals surface area contributed by atoms with Gasteiger partial charge in [0.25, 0.3) is 0 Å². The Labute approximate surface area is 109 Å². The van der Waals surface area contributed by atoms with Crippen LogP contribution in [-0.2, 0) is 11.8 Å². The maximum atomic E-state index is 13.8. The smallest absolute Gasteiger partial charge is 0.303 e. The van der Waals surface area contributed by atoms with Crippen molar-refractivity contribution in [1.82, 2.24) is 4.57 Å². The molecule has 1 N–H and O–H groups in total. The Kier molecular flexibility index (Phi) is 3.38. The largest absolute Gasteiger partial charge is 0.481 e. The average Bonchev–Trinajstić information content (AvgIpc) is 2.60. The summed E-state index contributed by atoms with van der Waals surface area (Å²) in [7, 11) is 1.69. The number of benzene rings is 1. The number of carboxylic acids is 1. The molecule has 0 saturated carbocycles. The number of aryl methyl sites for hydroxylation is 1. The Morgan fingerprint density at radius 3 is 2.63 bits per heavy atom. The van der Waals surface area contributed by atoms with Crippen LogP contribution in [-0.4, -0.2) is 21.4 Å². The number of Topliss-reactive ketones (excluding diaryl/α,β-unsaturated/α-hetero) is 1. The Morgan fingerprint density at radius 2 is 2.00 bits per heavy atom. The number of nitrogens with zero attached hydrogens (tertiary/aromatic N) is 1. The van der Waals surface area contributed by atoms with Gasteiger partial charge in [0, 0.05) is 30.1 Å². The lowest BCUT2D eigenvalue weighted by atomic mass is 10.0. The number of halogens is 1. The van der Waals surface area contributed by atoms with E-state index in [-0.39, 0.29) is 24.4 Å². The van der Waals surface area contributed by atoms with Gasteiger partial charge in [-0.3, -0.25) is 9.59 Å². The predicted octanol–water partition coefficient (Wildman–Crippen LogP) is 2.67. The second kappa shape index (κ2) is 4.84. The van der Waals surface area contributed by atoms with Crippen LogP contribution in [0.4, 0.5) is 4.39 Å². The molecule has 0 unspecified atom stereocenters. The fourth-order valence-electron chi connectivity index (χ4n) is 2.29. The van der Waals surface area contributed by atoms with Gasteiger partial charge in [-0.2, -0.15) is 0 Å². The Bertz CT molecular complexity index is 673. The first-order valence-corrected chi connectivity index (χ1v) is 5.92. The average molecular weight is 263 g/mol. The third-order valence-corrected chi connectivity index (χ3v) is 3.30. The molecule has 5 heteroatoms. The SMILES string of the molecule is Cc1c(C(=O)CCC(=O)O)c2cccc(F)c2n1C. The minimum absolute atomic E-state index is 0.0776. The summed E-state index contributed by atoms with van der Waals surface area (Å²) in [4.78, 5) is 22.6. The molecule has 0 atom stereocenters. The van der Waals surface area contributed by atoms with Gasteiger partial charge < -0.3 is 9.67 Å². The quantitative estimate of drug-likeness (QED) is 0.863. The number of carbonyl (C=O) groups is 2. The molecule has 0 aliphatic rings. The molecule has 19 heavy (non-hydrogen) atoms. The van der Waals surface area contributed by atoms with E-state index in [1.807, 2.05) is 0 Å². The molecule has 2 rings (SSSR count). The van der Waals surface area contributed by atoms with E-state index < -0.39 is 5.97 Å². The standard InChI is InChI=1S/C14H14FNO3/c1-8-13(11(17)6-7-12(18)19)9-4-3-5-10(15)14(9)16(8)2/h3-5H,6-7H2,1-2H3,(H,18,19). The number of carbonyl (C=O) groups excluding carboxylic acids is 1. The molecule has 0 radical (unpaired) electrons. The van der Waals surface area contributed by atoms with E-state index in [0.29, 0.717) is 22.2 Å². The number of hydrogen-bond donors (Lipinski definition) is 1. The lowest BCUT2D eigenvalue weighted by molar-refractivity contribution is -0.136. The second-order valence-corrected chi connectivity index (χ2v) is 4.47. The molecule has 1 aromatic heterocycles. The summed E-state index contributed by atoms with van der Waals surface area (Å²) in [6.45, 7) is 1.73. The minimum atomic E-state index is -1.02. The van der Waals surface area contributed by atoms with Crippen LogP contribution in [0.1, 0.15) is 28.9 Å². The van der Waals surface area contributed by atoms with Crippen molar-refractivity contribution in [2.45, 2.75) is 19.8 Å². The van der Waals surface area contributed by atoms with Crippen LogP contribution in [0.2, 0.25) is 0 Å². The van der Waals surface area contributed by atoms with Crippen LogP contribution in [0.5, 0.6) is 0 Å². The molecule has 0 amide bonds. The van der Waals surface area contributed by atoms with Crippen molar-refractivity contribution in [2.24, 2.45) is 7.05 Å². The summed E-state index contributed by atoms with van der Waals surface area (Å²) in [5.41, 5.74) is 1.44. The Hall–Kier alpha value is -2.17. The molecular weight excluding hydrogens is 249 g/mol. The van der Waals surface area contributed by atoms with E-state index in [0.717, 1.165) is 0 Å². The van der Waals surface area contributed by atoms with E-state index in [1.165, 1.54) is 6.07 Å². The van der Waals surface area contributed by atoms with E-state index in [1.54, 1.807) is 30.7 Å². The first-order valence-electron chi connectivity index (χ1n) is 5.92. The summed E-state index contributed by atoms with van der Waals surface area (Å²) in [6.07, 6.45) is -0.296. The molecule has 1 heterocycles. The van der Waals surface area contributed by atoms with Gasteiger partial charge in [-0.05, 0) is 13.0 Å². The highest BCUT2D eigenvalue weighted by molar-refractivity contribution is 6.10. The second-order valence-electron chi connectivity index (χ2n) is 4.47. The van der Waals surface area contributed by atoms with Crippen molar-refractivity contribution < 1.29 is 19.1 Å². The summed E-state index contributed by atoms with van der Waals surface area (Å²) in [5, 5.41) is 9.16. The molecule has 0 spiro atoms. The maximum absolute atomic E-state index is 13.8. The molecule has 1 aromatic carbocycles. The van der Waals surface area contributed by atoms with Crippen LogP contribution < -0.4 is 0 Å². The molecule has 0 saturated heterocycles. The number of ketones is 1. The summed E-state index contributed by atoms with van der Waals surface area (Å²) in [6, 6.07) is 4.57. The van der Waals surface area contributed by atoms with E-state index >= 15 is 0 Å². The van der Waals surface area contributed by atoms with Gasteiger partial charge in [0.2, 0.25) is 0 Å². The van der Waals surface area contributed by atoms with Crippen molar-refractivity contribution in [2.75, 3.05) is 0 Å². The van der Waals surface area contributed by atoms with Crippen molar-refractivity contribution >= 4 is 22.7 Å². The van der Waals surface area contributed by atoms with E-state index in [4.69, 9.17) is 5.11 Å². The highest BCUT2D eigenvalue weighted by Crippen LogP contribution is 2.28. The summed E-state index contributed by atoms with van der Waals surface area (Å²) in [5.74, 6) is -1.67. The first-order chi connectivity index (χ1) is 8.93. The minimum Gasteiger partial charge on any atom is -0.481 e. The van der Waals surface area contributed by atoms with Crippen LogP contribution in [0.15, 0.2) is 18.2 Å². The molecule has 0 aliphatic heterocycles. The Morgan fingerprint density at radius 1 is 1.32 bits per heavy atom. The molecular formula is C14H14FNO3. The zero-order valence-electron chi connectivity index (χ0n) is 10.7. The topological polar surface area (TPSA) is 59.3 Å². The normalized spacial score (nSPS) is 10.9. The summed E-state index contributed by atoms with van der Waals surface area (Å²) < 4.78 is 15.4. The van der Waals surface area contributed by atoms with Gasteiger partial charge in [-0.25, -0.2) is 4.39 Å². The highest BCUT2D eigenvalue weighted by Gasteiger charge is 2.20. The first kappa shape index (κ1) is 13.3. The maximum Gasteiger partial charge on any atom is 0.303 e. The third-order valence-electron chi connectivity index (χ3n) is 3.30. The number of para-hydroxylation sites is 1. The number of aliphatic carboxylic acids is 1. The van der Waals surface area contributed by atoms with E-state index in [9.17, 15) is 14.0 Å². The molecule has 4 nitrogen and oxygen atoms in total. The zero-order chi connectivity index (χ0) is 14.2. The molecule has 100 valence electrons. The molecule has 2 aromatic rings. The van der Waals surface area contributed by atoms with Crippen molar-refractivity contribution in [3.63, 3.8) is 0 Å². The molecule has 0 bridgehead atoms. The predicted molar refractivity (Wildman–Crippen MR) is 68.8 cm³/mol. The van der Waals surface area contributed by atoms with Gasteiger partial charge in [0.1, 0.15) is 5.82 Å². The van der Waals surface area contributed by atoms with E-state index in [2.05, 4.69) is 0 Å². The molecule has 0 aliphatic carbocycles. The van der Waals surface area contributed by atoms with Gasteiger partial charge in [0.05, 0.1) is 11.9 Å². The number of carboxylic acid groups (broad SMARTS) is 1. The number of rotatable bonds is 4. The number of hydrogen-bond acceptors (Lipinski definition) is 2. The van der Waals surface area contributed by atoms with Crippen molar-refractivity contribution in [3.05, 3.63) is 35.3 Å². The lowest BCUT2D eigenvalue weighted by Gasteiger charge is -2.00. The van der Waals surface area contributed by atoms with Crippen LogP contribution in [0.3, 0.4) is 0 Å². The van der Waals surface area contributed by atoms with Crippen LogP contribution in [0.25, 0.3) is 10.9 Å². The number of fused-ring (bicyclic) bond motifs is 1. The summed E-state index contributed by atoms with van der Waals surface area (Å²) >= 11 is 0. The van der Waals surface area contributed by atoms with Gasteiger partial charge in [-0.1, -0.05) is 12.1 Å². The highest BCUT2D eigenvalue weighted by atomic mass is 19.1. The monoisotopic (exact) mass is 263 g/mol. The molecule has 0 fully saturated rings. The third kappa shape index (κ3) is 2.23. The van der Waals surface area contributed by atoms with Crippen LogP contribution in [0, 0.1) is 12.7 Å². The van der Waals surface area contributed by atoms with Crippen LogP contribution >= 0.6 is 0 Å². The van der Waals surface area contributed by atoms with Crippen molar-refractivity contribution in [1.29, 1.82) is 0 Å². The van der Waals surface area contributed by atoms with Gasteiger partial charge >= 0.3 is 5.97 Å². The Balaban J connectivity index is 2.55. The number of aromatic nitrogens is 1. The fourth-order valence-corrected chi connectivity index (χ4v) is 2.29. The van der Waals surface area contributed by atoms with Crippen molar-refractivity contribution in [3.8, 4) is 0 Å². The zero-order valence-corrected chi connectivity index (χ0v) is 10.7. The van der Waals surface area contributed by atoms with Gasteiger partial charge in [0.15, 0.2) is 5.78 Å². The fraction of sp³-hybridized carbons (Fsp3) is 0.286. The van der Waals surface area contributed by atoms with Gasteiger partial charge in [-0.15, -0.1) is 0 Å². The lowest BCUT2D eigenvalue weighted by Crippen LogP contribution is -2.05.